The number of nitrogens with one attached hydrogen (secondary N) is 1. The first kappa shape index (κ1) is 17.8. The Kier molecular flexibility index (Phi) is 5.73. The largest absolute Gasteiger partial charge is 0.486 e. The molecule has 3 rings (SSSR count). The van der Waals surface area contributed by atoms with Gasteiger partial charge in [0.15, 0.2) is 17.6 Å². The van der Waals surface area contributed by atoms with E-state index in [9.17, 15) is 9.59 Å². The molecule has 0 aromatic heterocycles. The average molecular weight is 355 g/mol. The van der Waals surface area contributed by atoms with Crippen molar-refractivity contribution < 1.29 is 23.8 Å². The van der Waals surface area contributed by atoms with Gasteiger partial charge in [0.2, 0.25) is 0 Å². The molecule has 1 amide bonds. The van der Waals surface area contributed by atoms with Crippen LogP contribution in [0.25, 0.3) is 0 Å². The number of hydrogen-bond acceptors (Lipinski definition) is 5. The van der Waals surface area contributed by atoms with Gasteiger partial charge in [0, 0.05) is 6.54 Å². The Morgan fingerprint density at radius 1 is 1.08 bits per heavy atom. The van der Waals surface area contributed by atoms with Crippen molar-refractivity contribution in [1.29, 1.82) is 0 Å². The summed E-state index contributed by atoms with van der Waals surface area (Å²) in [7, 11) is 0. The zero-order valence-corrected chi connectivity index (χ0v) is 14.6. The molecule has 26 heavy (non-hydrogen) atoms. The number of fused-ring (bicyclic) bond motifs is 1. The normalized spacial score (nSPS) is 13.6. The van der Waals surface area contributed by atoms with Crippen LogP contribution in [0.3, 0.4) is 0 Å². The van der Waals surface area contributed by atoms with Crippen molar-refractivity contribution in [2.24, 2.45) is 0 Å². The number of carbonyl (C=O) groups excluding carboxylic acids is 2. The summed E-state index contributed by atoms with van der Waals surface area (Å²) in [5.41, 5.74) is 1.30. The molecule has 0 saturated heterocycles. The van der Waals surface area contributed by atoms with Crippen LogP contribution in [0.4, 0.5) is 0 Å². The van der Waals surface area contributed by atoms with Crippen molar-refractivity contribution in [3.63, 3.8) is 0 Å². The van der Waals surface area contributed by atoms with Crippen LogP contribution in [-0.4, -0.2) is 31.2 Å². The maximum absolute atomic E-state index is 12.4. The topological polar surface area (TPSA) is 73.9 Å². The number of benzene rings is 2. The molecule has 1 N–H and O–H groups in total. The minimum Gasteiger partial charge on any atom is -0.486 e. The summed E-state index contributed by atoms with van der Waals surface area (Å²) in [6, 6.07) is 14.4. The zero-order valence-electron chi connectivity index (χ0n) is 14.6. The molecule has 0 spiro atoms. The van der Waals surface area contributed by atoms with Crippen molar-refractivity contribution in [1.82, 2.24) is 5.32 Å². The van der Waals surface area contributed by atoms with Gasteiger partial charge in [-0.1, -0.05) is 37.3 Å². The van der Waals surface area contributed by atoms with Crippen molar-refractivity contribution in [3.05, 3.63) is 59.7 Å². The van der Waals surface area contributed by atoms with Gasteiger partial charge in [-0.3, -0.25) is 4.79 Å². The smallest absolute Gasteiger partial charge is 0.339 e. The van der Waals surface area contributed by atoms with Gasteiger partial charge in [-0.2, -0.15) is 0 Å². The third kappa shape index (κ3) is 4.33. The van der Waals surface area contributed by atoms with E-state index in [1.807, 2.05) is 30.3 Å². The summed E-state index contributed by atoms with van der Waals surface area (Å²) in [5.74, 6) is 0.221. The van der Waals surface area contributed by atoms with E-state index in [1.165, 1.54) is 0 Å². The number of carbonyl (C=O) groups is 2. The minimum atomic E-state index is -0.848. The van der Waals surface area contributed by atoms with Gasteiger partial charge in [0.25, 0.3) is 5.91 Å². The van der Waals surface area contributed by atoms with E-state index >= 15 is 0 Å². The molecule has 6 nitrogen and oxygen atoms in total. The van der Waals surface area contributed by atoms with Crippen molar-refractivity contribution in [2.75, 3.05) is 13.2 Å². The van der Waals surface area contributed by atoms with Crippen molar-refractivity contribution >= 4 is 11.9 Å². The first-order valence-electron chi connectivity index (χ1n) is 8.59. The molecule has 0 aliphatic carbocycles. The molecule has 0 saturated carbocycles. The second-order valence-electron chi connectivity index (χ2n) is 5.86. The van der Waals surface area contributed by atoms with E-state index in [0.717, 1.165) is 5.56 Å². The Balaban J connectivity index is 1.60. The summed E-state index contributed by atoms with van der Waals surface area (Å²) >= 11 is 0. The molecule has 1 aliphatic rings. The van der Waals surface area contributed by atoms with E-state index in [-0.39, 0.29) is 5.91 Å². The third-order valence-electron chi connectivity index (χ3n) is 4.00. The molecule has 6 heteroatoms. The van der Waals surface area contributed by atoms with Gasteiger partial charge in [-0.15, -0.1) is 0 Å². The first-order chi connectivity index (χ1) is 12.7. The Labute approximate surface area is 152 Å². The number of hydrogen-bond donors (Lipinski definition) is 1. The highest BCUT2D eigenvalue weighted by molar-refractivity contribution is 5.93. The van der Waals surface area contributed by atoms with Crippen molar-refractivity contribution in [3.8, 4) is 11.5 Å². The Morgan fingerprint density at radius 3 is 2.54 bits per heavy atom. The van der Waals surface area contributed by atoms with Gasteiger partial charge in [-0.05, 0) is 30.2 Å². The molecular formula is C20H21NO5. The average Bonchev–Trinajstić information content (AvgIpc) is 2.70. The Bertz CT molecular complexity index is 775. The van der Waals surface area contributed by atoms with E-state index in [2.05, 4.69) is 5.32 Å². The monoisotopic (exact) mass is 355 g/mol. The lowest BCUT2D eigenvalue weighted by atomic mass is 10.2. The lowest BCUT2D eigenvalue weighted by Gasteiger charge is -2.19. The molecule has 1 unspecified atom stereocenters. The van der Waals surface area contributed by atoms with E-state index in [4.69, 9.17) is 14.2 Å². The van der Waals surface area contributed by atoms with Crippen LogP contribution < -0.4 is 14.8 Å². The predicted octanol–water partition coefficient (Wildman–Crippen LogP) is 2.71. The molecular weight excluding hydrogens is 334 g/mol. The molecule has 1 atom stereocenters. The number of amides is 1. The van der Waals surface area contributed by atoms with Crippen LogP contribution in [0.15, 0.2) is 48.5 Å². The number of rotatable bonds is 6. The van der Waals surface area contributed by atoms with E-state index in [1.54, 1.807) is 25.1 Å². The SMILES string of the molecule is CCC(OC(=O)c1ccc2c(c1)OCCO2)C(=O)NCc1ccccc1. The fourth-order valence-corrected chi connectivity index (χ4v) is 2.59. The summed E-state index contributed by atoms with van der Waals surface area (Å²) in [5, 5.41) is 2.80. The predicted molar refractivity (Wildman–Crippen MR) is 95.2 cm³/mol. The second kappa shape index (κ2) is 8.38. The molecule has 136 valence electrons. The van der Waals surface area contributed by atoms with Gasteiger partial charge in [0.1, 0.15) is 13.2 Å². The molecule has 1 aliphatic heterocycles. The van der Waals surface area contributed by atoms with Crippen LogP contribution in [0, 0.1) is 0 Å². The fraction of sp³-hybridized carbons (Fsp3) is 0.300. The molecule has 2 aromatic carbocycles. The van der Waals surface area contributed by atoms with Crippen LogP contribution in [-0.2, 0) is 16.1 Å². The number of esters is 1. The highest BCUT2D eigenvalue weighted by Gasteiger charge is 2.23. The standard InChI is InChI=1S/C20H21NO5/c1-2-16(19(22)21-13-14-6-4-3-5-7-14)26-20(23)15-8-9-17-18(12-15)25-11-10-24-17/h3-9,12,16H,2,10-11,13H2,1H3,(H,21,22). The lowest BCUT2D eigenvalue weighted by Crippen LogP contribution is -2.37. The summed E-state index contributed by atoms with van der Waals surface area (Å²) in [6.07, 6.45) is -0.462. The summed E-state index contributed by atoms with van der Waals surface area (Å²) in [4.78, 5) is 24.7. The minimum absolute atomic E-state index is 0.317. The molecule has 1 heterocycles. The molecule has 0 radical (unpaired) electrons. The second-order valence-corrected chi connectivity index (χ2v) is 5.86. The van der Waals surface area contributed by atoms with Gasteiger partial charge >= 0.3 is 5.97 Å². The number of ether oxygens (including phenoxy) is 3. The molecule has 0 bridgehead atoms. The summed E-state index contributed by atoms with van der Waals surface area (Å²) < 4.78 is 16.3. The van der Waals surface area contributed by atoms with Gasteiger partial charge in [0.05, 0.1) is 5.56 Å². The van der Waals surface area contributed by atoms with Crippen LogP contribution in [0.5, 0.6) is 11.5 Å². The van der Waals surface area contributed by atoms with E-state index < -0.39 is 12.1 Å². The Morgan fingerprint density at radius 2 is 1.81 bits per heavy atom. The maximum Gasteiger partial charge on any atom is 0.339 e. The molecule has 0 fully saturated rings. The third-order valence-corrected chi connectivity index (χ3v) is 4.00. The van der Waals surface area contributed by atoms with Crippen molar-refractivity contribution in [2.45, 2.75) is 26.0 Å². The Hall–Kier alpha value is -3.02. The molecule has 2 aromatic rings. The highest BCUT2D eigenvalue weighted by atomic mass is 16.6. The van der Waals surface area contributed by atoms with Gasteiger partial charge in [-0.25, -0.2) is 4.79 Å². The quantitative estimate of drug-likeness (QED) is 0.807. The first-order valence-corrected chi connectivity index (χ1v) is 8.59. The lowest BCUT2D eigenvalue weighted by molar-refractivity contribution is -0.130. The van der Waals surface area contributed by atoms with Crippen LogP contribution >= 0.6 is 0 Å². The highest BCUT2D eigenvalue weighted by Crippen LogP contribution is 2.31. The maximum atomic E-state index is 12.4. The summed E-state index contributed by atoms with van der Waals surface area (Å²) in [6.45, 7) is 3.10. The zero-order chi connectivity index (χ0) is 18.4. The fourth-order valence-electron chi connectivity index (χ4n) is 2.59. The van der Waals surface area contributed by atoms with Crippen LogP contribution in [0.1, 0.15) is 29.3 Å². The van der Waals surface area contributed by atoms with Crippen LogP contribution in [0.2, 0.25) is 0 Å². The van der Waals surface area contributed by atoms with Gasteiger partial charge < -0.3 is 19.5 Å². The van der Waals surface area contributed by atoms with E-state index in [0.29, 0.717) is 43.2 Å².